The van der Waals surface area contributed by atoms with Crippen molar-refractivity contribution in [2.45, 2.75) is 45.7 Å². The number of rotatable bonds is 2. The van der Waals surface area contributed by atoms with Gasteiger partial charge < -0.3 is 9.47 Å². The van der Waals surface area contributed by atoms with E-state index in [4.69, 9.17) is 9.47 Å². The van der Waals surface area contributed by atoms with E-state index in [2.05, 4.69) is 18.7 Å². The Morgan fingerprint density at radius 2 is 1.65 bits per heavy atom. The third-order valence-electron chi connectivity index (χ3n) is 5.11. The second-order valence-corrected chi connectivity index (χ2v) is 6.61. The van der Waals surface area contributed by atoms with Crippen molar-refractivity contribution >= 4 is 11.9 Å². The largest absolute Gasteiger partial charge is 0.469 e. The lowest BCUT2D eigenvalue weighted by Gasteiger charge is -2.45. The maximum absolute atomic E-state index is 12.3. The molecule has 5 nitrogen and oxygen atoms in total. The van der Waals surface area contributed by atoms with Crippen LogP contribution in [-0.2, 0) is 19.1 Å². The molecular weight excluding hydrogens is 258 g/mol. The first-order chi connectivity index (χ1) is 9.35. The SMILES string of the molecule is COC(=O)[C@@H]1[C@H](C(=O)OC)[C@@H](C)N2CCCC(C)(C)[C@H]12. The molecule has 4 atom stereocenters. The number of carbonyl (C=O) groups is 2. The van der Waals surface area contributed by atoms with Crippen LogP contribution < -0.4 is 0 Å². The zero-order valence-electron chi connectivity index (χ0n) is 13.0. The zero-order valence-corrected chi connectivity index (χ0v) is 13.0. The van der Waals surface area contributed by atoms with Crippen molar-refractivity contribution in [3.63, 3.8) is 0 Å². The quantitative estimate of drug-likeness (QED) is 0.718. The molecule has 2 aliphatic rings. The van der Waals surface area contributed by atoms with Gasteiger partial charge in [0.25, 0.3) is 0 Å². The summed E-state index contributed by atoms with van der Waals surface area (Å²) >= 11 is 0. The number of nitrogens with zero attached hydrogens (tertiary/aromatic N) is 1. The second kappa shape index (κ2) is 5.35. The molecule has 0 N–H and O–H groups in total. The summed E-state index contributed by atoms with van der Waals surface area (Å²) in [7, 11) is 2.77. The summed E-state index contributed by atoms with van der Waals surface area (Å²) < 4.78 is 9.91. The highest BCUT2D eigenvalue weighted by atomic mass is 16.5. The number of piperidine rings is 1. The fourth-order valence-corrected chi connectivity index (χ4v) is 4.20. The van der Waals surface area contributed by atoms with Crippen molar-refractivity contribution in [2.24, 2.45) is 17.3 Å². The Kier molecular flexibility index (Phi) is 4.09. The smallest absolute Gasteiger partial charge is 0.311 e. The van der Waals surface area contributed by atoms with Gasteiger partial charge in [0.1, 0.15) is 0 Å². The summed E-state index contributed by atoms with van der Waals surface area (Å²) in [6.45, 7) is 7.29. The average Bonchev–Trinajstić information content (AvgIpc) is 2.72. The minimum Gasteiger partial charge on any atom is -0.469 e. The first-order valence-electron chi connectivity index (χ1n) is 7.26. The van der Waals surface area contributed by atoms with Crippen molar-refractivity contribution in [1.29, 1.82) is 0 Å². The van der Waals surface area contributed by atoms with Gasteiger partial charge in [0, 0.05) is 12.1 Å². The van der Waals surface area contributed by atoms with E-state index in [1.165, 1.54) is 14.2 Å². The predicted molar refractivity (Wildman–Crippen MR) is 74.0 cm³/mol. The predicted octanol–water partition coefficient (Wildman–Crippen LogP) is 1.46. The maximum Gasteiger partial charge on any atom is 0.311 e. The van der Waals surface area contributed by atoms with Crippen LogP contribution in [0.15, 0.2) is 0 Å². The molecule has 2 aliphatic heterocycles. The second-order valence-electron chi connectivity index (χ2n) is 6.61. The molecule has 0 aromatic carbocycles. The topological polar surface area (TPSA) is 55.8 Å². The zero-order chi connectivity index (χ0) is 15.1. The molecule has 0 spiro atoms. The van der Waals surface area contributed by atoms with Crippen LogP contribution >= 0.6 is 0 Å². The average molecular weight is 283 g/mol. The summed E-state index contributed by atoms with van der Waals surface area (Å²) in [5, 5.41) is 0. The molecule has 2 fully saturated rings. The molecule has 0 unspecified atom stereocenters. The molecule has 0 radical (unpaired) electrons. The van der Waals surface area contributed by atoms with E-state index in [0.717, 1.165) is 19.4 Å². The van der Waals surface area contributed by atoms with Crippen LogP contribution in [0.5, 0.6) is 0 Å². The lowest BCUT2D eigenvalue weighted by Crippen LogP contribution is -2.51. The van der Waals surface area contributed by atoms with Crippen LogP contribution in [0.1, 0.15) is 33.6 Å². The number of esters is 2. The highest BCUT2D eigenvalue weighted by Gasteiger charge is 2.59. The van der Waals surface area contributed by atoms with Gasteiger partial charge in [0.15, 0.2) is 0 Å². The highest BCUT2D eigenvalue weighted by molar-refractivity contribution is 5.84. The Morgan fingerprint density at radius 3 is 2.20 bits per heavy atom. The monoisotopic (exact) mass is 283 g/mol. The third kappa shape index (κ3) is 2.22. The number of methoxy groups -OCH3 is 2. The van der Waals surface area contributed by atoms with Crippen LogP contribution in [0, 0.1) is 17.3 Å². The molecule has 20 heavy (non-hydrogen) atoms. The van der Waals surface area contributed by atoms with Crippen molar-refractivity contribution in [2.75, 3.05) is 20.8 Å². The van der Waals surface area contributed by atoms with Gasteiger partial charge in [-0.1, -0.05) is 13.8 Å². The van der Waals surface area contributed by atoms with E-state index in [0.29, 0.717) is 0 Å². The first kappa shape index (κ1) is 15.3. The summed E-state index contributed by atoms with van der Waals surface area (Å²) in [5.74, 6) is -1.47. The first-order valence-corrected chi connectivity index (χ1v) is 7.26. The van der Waals surface area contributed by atoms with Gasteiger partial charge in [-0.2, -0.15) is 0 Å². The molecule has 0 amide bonds. The minimum absolute atomic E-state index is 0.00582. The number of carbonyl (C=O) groups excluding carboxylic acids is 2. The summed E-state index contributed by atoms with van der Waals surface area (Å²) in [5.41, 5.74) is -0.00582. The van der Waals surface area contributed by atoms with Gasteiger partial charge in [-0.25, -0.2) is 0 Å². The van der Waals surface area contributed by atoms with E-state index in [1.807, 2.05) is 6.92 Å². The van der Waals surface area contributed by atoms with E-state index in [9.17, 15) is 9.59 Å². The molecule has 0 aromatic heterocycles. The van der Waals surface area contributed by atoms with Gasteiger partial charge in [0.05, 0.1) is 26.1 Å². The number of hydrogen-bond acceptors (Lipinski definition) is 5. The normalized spacial score (nSPS) is 36.2. The molecule has 2 heterocycles. The van der Waals surface area contributed by atoms with Gasteiger partial charge >= 0.3 is 11.9 Å². The van der Waals surface area contributed by atoms with Crippen LogP contribution in [0.2, 0.25) is 0 Å². The fraction of sp³-hybridized carbons (Fsp3) is 0.867. The maximum atomic E-state index is 12.3. The summed E-state index contributed by atoms with van der Waals surface area (Å²) in [4.78, 5) is 26.7. The van der Waals surface area contributed by atoms with E-state index < -0.39 is 11.8 Å². The van der Waals surface area contributed by atoms with Gasteiger partial charge in [-0.15, -0.1) is 0 Å². The van der Waals surface area contributed by atoms with Gasteiger partial charge in [-0.05, 0) is 31.7 Å². The van der Waals surface area contributed by atoms with E-state index in [1.54, 1.807) is 0 Å². The molecule has 2 rings (SSSR count). The molecule has 0 aromatic rings. The molecule has 0 bridgehead atoms. The summed E-state index contributed by atoms with van der Waals surface area (Å²) in [6, 6.07) is 0.0546. The standard InChI is InChI=1S/C15H25NO4/c1-9-10(13(17)19-4)11(14(18)20-5)12-15(2,3)7-6-8-16(9)12/h9-12H,6-8H2,1-5H3/t9-,10-,11-,12+/m1/s1. The van der Waals surface area contributed by atoms with Gasteiger partial charge in [-0.3, -0.25) is 14.5 Å². The Labute approximate surface area is 120 Å². The number of hydrogen-bond donors (Lipinski definition) is 0. The number of fused-ring (bicyclic) bond motifs is 1. The van der Waals surface area contributed by atoms with Crippen LogP contribution in [0.3, 0.4) is 0 Å². The molecular formula is C15H25NO4. The van der Waals surface area contributed by atoms with E-state index in [-0.39, 0.29) is 29.4 Å². The Balaban J connectivity index is 2.43. The van der Waals surface area contributed by atoms with Crippen LogP contribution in [0.4, 0.5) is 0 Å². The lowest BCUT2D eigenvalue weighted by atomic mass is 9.71. The van der Waals surface area contributed by atoms with Crippen LogP contribution in [-0.4, -0.2) is 49.7 Å². The molecule has 0 aliphatic carbocycles. The fourth-order valence-electron chi connectivity index (χ4n) is 4.20. The molecule has 5 heteroatoms. The Morgan fingerprint density at radius 1 is 1.10 bits per heavy atom. The van der Waals surface area contributed by atoms with E-state index >= 15 is 0 Å². The van der Waals surface area contributed by atoms with Crippen LogP contribution in [0.25, 0.3) is 0 Å². The van der Waals surface area contributed by atoms with Crippen molar-refractivity contribution in [3.05, 3.63) is 0 Å². The van der Waals surface area contributed by atoms with Crippen molar-refractivity contribution in [1.82, 2.24) is 4.90 Å². The minimum atomic E-state index is -0.435. The Bertz CT molecular complexity index is 407. The molecule has 114 valence electrons. The number of ether oxygens (including phenoxy) is 2. The van der Waals surface area contributed by atoms with Gasteiger partial charge in [0.2, 0.25) is 0 Å². The van der Waals surface area contributed by atoms with Crippen molar-refractivity contribution in [3.8, 4) is 0 Å². The molecule has 0 saturated carbocycles. The highest BCUT2D eigenvalue weighted by Crippen LogP contribution is 2.49. The Hall–Kier alpha value is -1.10. The van der Waals surface area contributed by atoms with Crippen molar-refractivity contribution < 1.29 is 19.1 Å². The lowest BCUT2D eigenvalue weighted by molar-refractivity contribution is -0.157. The summed E-state index contributed by atoms with van der Waals surface area (Å²) in [6.07, 6.45) is 2.15. The molecule has 2 saturated heterocycles. The third-order valence-corrected chi connectivity index (χ3v) is 5.11.